The molecular weight excluding hydrogens is 495 g/mol. The zero-order valence-corrected chi connectivity index (χ0v) is 23.2. The molecule has 0 aliphatic heterocycles. The number of urea groups is 1. The van der Waals surface area contributed by atoms with Crippen molar-refractivity contribution in [2.24, 2.45) is 5.92 Å². The maximum atomic E-state index is 13.4. The highest BCUT2D eigenvalue weighted by Gasteiger charge is 2.32. The Morgan fingerprint density at radius 2 is 1.57 bits per heavy atom. The quantitative estimate of drug-likeness (QED) is 0.246. The Bertz CT molecular complexity index is 1010. The van der Waals surface area contributed by atoms with E-state index in [9.17, 15) is 14.2 Å². The summed E-state index contributed by atoms with van der Waals surface area (Å²) in [5.74, 6) is 0.185. The van der Waals surface area contributed by atoms with E-state index in [1.54, 1.807) is 33.1 Å². The van der Waals surface area contributed by atoms with E-state index in [1.807, 2.05) is 56.3 Å². The van der Waals surface area contributed by atoms with Gasteiger partial charge in [-0.2, -0.15) is 0 Å². The van der Waals surface area contributed by atoms with Crippen molar-refractivity contribution >= 4 is 19.6 Å². The van der Waals surface area contributed by atoms with Crippen LogP contribution >= 0.6 is 7.60 Å². The maximum Gasteiger partial charge on any atom is 0.349 e. The maximum absolute atomic E-state index is 13.4. The highest BCUT2D eigenvalue weighted by molar-refractivity contribution is 7.53. The molecule has 1 atom stereocenters. The van der Waals surface area contributed by atoms with Crippen molar-refractivity contribution in [3.8, 4) is 5.75 Å². The summed E-state index contributed by atoms with van der Waals surface area (Å²) in [5.41, 5.74) is 1.65. The van der Waals surface area contributed by atoms with Gasteiger partial charge >= 0.3 is 19.6 Å². The zero-order valence-electron chi connectivity index (χ0n) is 22.3. The standard InChI is InChI=1S/C27H39N2O7P/c1-6-35-37(32,36-7-2)20-29(18-21(3)4)27(31)28-25(17-22-13-15-24(33-5)16-14-22)26(30)34-19-23-11-9-8-10-12-23/h8-16,21,25H,6-7,17-20H2,1-5H3,(H,28,31)/t25-/m0/s1. The van der Waals surface area contributed by atoms with E-state index in [2.05, 4.69) is 5.32 Å². The Morgan fingerprint density at radius 3 is 2.11 bits per heavy atom. The zero-order chi connectivity index (χ0) is 27.3. The number of hydrogen-bond donors (Lipinski definition) is 1. The van der Waals surface area contributed by atoms with Crippen LogP contribution in [0.3, 0.4) is 0 Å². The second kappa shape index (κ2) is 15.4. The van der Waals surface area contributed by atoms with Crippen molar-refractivity contribution in [3.63, 3.8) is 0 Å². The number of methoxy groups -OCH3 is 1. The lowest BCUT2D eigenvalue weighted by Gasteiger charge is -2.30. The molecule has 0 radical (unpaired) electrons. The molecule has 0 aliphatic rings. The molecular formula is C27H39N2O7P. The number of hydrogen-bond acceptors (Lipinski definition) is 7. The second-order valence-electron chi connectivity index (χ2n) is 8.85. The largest absolute Gasteiger partial charge is 0.497 e. The molecule has 9 nitrogen and oxygen atoms in total. The van der Waals surface area contributed by atoms with Gasteiger partial charge in [0.2, 0.25) is 0 Å². The van der Waals surface area contributed by atoms with Crippen LogP contribution in [0.25, 0.3) is 0 Å². The van der Waals surface area contributed by atoms with Gasteiger partial charge in [-0.15, -0.1) is 0 Å². The minimum atomic E-state index is -3.55. The van der Waals surface area contributed by atoms with Gasteiger partial charge < -0.3 is 28.7 Å². The number of esters is 1. The summed E-state index contributed by atoms with van der Waals surface area (Å²) < 4.78 is 34.7. The van der Waals surface area contributed by atoms with Crippen LogP contribution in [0.2, 0.25) is 0 Å². The van der Waals surface area contributed by atoms with Gasteiger partial charge in [-0.1, -0.05) is 56.3 Å². The molecule has 0 aromatic heterocycles. The van der Waals surface area contributed by atoms with Crippen molar-refractivity contribution in [1.82, 2.24) is 10.2 Å². The summed E-state index contributed by atoms with van der Waals surface area (Å²) in [5, 5.41) is 2.79. The molecule has 0 aliphatic carbocycles. The predicted octanol–water partition coefficient (Wildman–Crippen LogP) is 5.24. The number of carbonyl (C=O) groups excluding carboxylic acids is 2. The van der Waals surface area contributed by atoms with Crippen molar-refractivity contribution < 1.29 is 32.7 Å². The number of rotatable bonds is 15. The molecule has 0 bridgehead atoms. The van der Waals surface area contributed by atoms with E-state index < -0.39 is 25.6 Å². The molecule has 0 unspecified atom stereocenters. The van der Waals surface area contributed by atoms with Crippen molar-refractivity contribution in [3.05, 3.63) is 65.7 Å². The number of nitrogens with one attached hydrogen (secondary N) is 1. The summed E-state index contributed by atoms with van der Waals surface area (Å²) in [6, 6.07) is 15.0. The number of amides is 2. The fourth-order valence-electron chi connectivity index (χ4n) is 3.63. The number of nitrogens with zero attached hydrogens (tertiary/aromatic N) is 1. The van der Waals surface area contributed by atoms with E-state index in [-0.39, 0.29) is 38.4 Å². The van der Waals surface area contributed by atoms with Crippen molar-refractivity contribution in [2.75, 3.05) is 33.2 Å². The highest BCUT2D eigenvalue weighted by Crippen LogP contribution is 2.48. The monoisotopic (exact) mass is 534 g/mol. The molecule has 2 rings (SSSR count). The molecule has 0 spiro atoms. The Labute approximate surface area is 220 Å². The summed E-state index contributed by atoms with van der Waals surface area (Å²) in [4.78, 5) is 27.9. The third-order valence-electron chi connectivity index (χ3n) is 5.27. The first-order valence-corrected chi connectivity index (χ1v) is 14.2. The van der Waals surface area contributed by atoms with Gasteiger partial charge in [-0.05, 0) is 43.0 Å². The molecule has 2 aromatic carbocycles. The minimum Gasteiger partial charge on any atom is -0.497 e. The third kappa shape index (κ3) is 10.6. The Kier molecular flexibility index (Phi) is 12.6. The van der Waals surface area contributed by atoms with Crippen LogP contribution in [-0.2, 0) is 36.2 Å². The molecule has 2 aromatic rings. The number of benzene rings is 2. The van der Waals surface area contributed by atoms with Gasteiger partial charge in [0.05, 0.1) is 20.3 Å². The first-order valence-electron chi connectivity index (χ1n) is 12.5. The molecule has 10 heteroatoms. The van der Waals surface area contributed by atoms with Gasteiger partial charge in [0.15, 0.2) is 0 Å². The average molecular weight is 535 g/mol. The Hall–Kier alpha value is -2.87. The molecule has 2 amide bonds. The lowest BCUT2D eigenvalue weighted by Crippen LogP contribution is -2.50. The lowest BCUT2D eigenvalue weighted by atomic mass is 10.1. The minimum absolute atomic E-state index is 0.0764. The van der Waals surface area contributed by atoms with Crippen LogP contribution in [0, 0.1) is 5.92 Å². The molecule has 204 valence electrons. The summed E-state index contributed by atoms with van der Waals surface area (Å²) >= 11 is 0. The molecule has 0 fully saturated rings. The van der Waals surface area contributed by atoms with Crippen LogP contribution in [0.15, 0.2) is 54.6 Å². The van der Waals surface area contributed by atoms with Gasteiger partial charge in [0.25, 0.3) is 0 Å². The lowest BCUT2D eigenvalue weighted by molar-refractivity contribution is -0.147. The Morgan fingerprint density at radius 1 is 0.946 bits per heavy atom. The van der Waals surface area contributed by atoms with E-state index in [0.717, 1.165) is 11.1 Å². The van der Waals surface area contributed by atoms with E-state index in [4.69, 9.17) is 18.5 Å². The molecule has 1 N–H and O–H groups in total. The van der Waals surface area contributed by atoms with Crippen molar-refractivity contribution in [2.45, 2.75) is 46.8 Å². The van der Waals surface area contributed by atoms with Gasteiger partial charge in [-0.25, -0.2) is 9.59 Å². The normalized spacial score (nSPS) is 12.2. The number of carbonyl (C=O) groups is 2. The van der Waals surface area contributed by atoms with E-state index in [0.29, 0.717) is 12.3 Å². The van der Waals surface area contributed by atoms with Crippen LogP contribution in [0.5, 0.6) is 5.75 Å². The smallest absolute Gasteiger partial charge is 0.349 e. The average Bonchev–Trinajstić information content (AvgIpc) is 2.87. The third-order valence-corrected chi connectivity index (χ3v) is 7.26. The second-order valence-corrected chi connectivity index (χ2v) is 10.9. The first-order chi connectivity index (χ1) is 17.7. The van der Waals surface area contributed by atoms with E-state index >= 15 is 0 Å². The molecule has 0 saturated carbocycles. The number of ether oxygens (including phenoxy) is 2. The topological polar surface area (TPSA) is 103 Å². The fourth-order valence-corrected chi connectivity index (χ4v) is 5.31. The Balaban J connectivity index is 2.24. The summed E-state index contributed by atoms with van der Waals surface area (Å²) in [6.07, 6.45) is -0.0273. The molecule has 0 heterocycles. The van der Waals surface area contributed by atoms with Crippen molar-refractivity contribution in [1.29, 1.82) is 0 Å². The van der Waals surface area contributed by atoms with Crippen LogP contribution in [-0.4, -0.2) is 56.1 Å². The van der Waals surface area contributed by atoms with Crippen LogP contribution < -0.4 is 10.1 Å². The summed E-state index contributed by atoms with van der Waals surface area (Å²) in [7, 11) is -1.97. The predicted molar refractivity (Wildman–Crippen MR) is 143 cm³/mol. The fraction of sp³-hybridized carbons (Fsp3) is 0.481. The van der Waals surface area contributed by atoms with Gasteiger partial charge in [-0.3, -0.25) is 4.57 Å². The SMILES string of the molecule is CCOP(=O)(CN(CC(C)C)C(=O)N[C@@H](Cc1ccc(OC)cc1)C(=O)OCc1ccccc1)OCC. The molecule has 0 saturated heterocycles. The van der Waals surface area contributed by atoms with Gasteiger partial charge in [0, 0.05) is 13.0 Å². The first kappa shape index (κ1) is 30.4. The van der Waals surface area contributed by atoms with Crippen LogP contribution in [0.4, 0.5) is 4.79 Å². The summed E-state index contributed by atoms with van der Waals surface area (Å²) in [6.45, 7) is 8.04. The highest BCUT2D eigenvalue weighted by atomic mass is 31.2. The van der Waals surface area contributed by atoms with E-state index in [1.165, 1.54) is 4.90 Å². The van der Waals surface area contributed by atoms with Crippen LogP contribution in [0.1, 0.15) is 38.8 Å². The van der Waals surface area contributed by atoms with Gasteiger partial charge in [0.1, 0.15) is 24.7 Å². The molecule has 37 heavy (non-hydrogen) atoms.